The van der Waals surface area contributed by atoms with E-state index in [1.165, 1.54) is 44.6 Å². The lowest BCUT2D eigenvalue weighted by molar-refractivity contribution is 0.114. The Kier molecular flexibility index (Phi) is 19.4. The van der Waals surface area contributed by atoms with Gasteiger partial charge < -0.3 is 8.85 Å². The van der Waals surface area contributed by atoms with E-state index >= 15 is 0 Å². The Morgan fingerprint density at radius 1 is 0.714 bits per heavy atom. The van der Waals surface area contributed by atoms with Crippen molar-refractivity contribution in [2.24, 2.45) is 0 Å². The molecule has 0 aliphatic heterocycles. The molecule has 3 radical (unpaired) electrons. The van der Waals surface area contributed by atoms with E-state index in [0.29, 0.717) is 11.3 Å². The second kappa shape index (κ2) is 19.2. The maximum atomic E-state index is 5.82. The summed E-state index contributed by atoms with van der Waals surface area (Å²) in [5, 5.41) is 0. The van der Waals surface area contributed by atoms with Crippen LogP contribution in [0, 0.1) is 0 Å². The molecule has 6 heteroatoms. The van der Waals surface area contributed by atoms with E-state index in [1.54, 1.807) is 0 Å². The standard InChI is InChI=1S/C22H49N2O2Si2/c1-8-23(9-2)22(24(10-3)11-4)27-20-18-16-14-15-17-19-21(7)28(25-12-5)26-13-6/h21-22H,8-20H2,1-7H3. The number of rotatable bonds is 20. The molecule has 0 aromatic rings. The lowest BCUT2D eigenvalue weighted by Gasteiger charge is -2.38. The third-order valence-electron chi connectivity index (χ3n) is 5.43. The van der Waals surface area contributed by atoms with Crippen LogP contribution in [0.25, 0.3) is 0 Å². The van der Waals surface area contributed by atoms with E-state index in [2.05, 4.69) is 58.3 Å². The van der Waals surface area contributed by atoms with Crippen LogP contribution in [0.15, 0.2) is 0 Å². The van der Waals surface area contributed by atoms with Crippen LogP contribution in [-0.4, -0.2) is 73.8 Å². The summed E-state index contributed by atoms with van der Waals surface area (Å²) >= 11 is 0. The molecule has 0 N–H and O–H groups in total. The second-order valence-electron chi connectivity index (χ2n) is 7.41. The zero-order valence-corrected chi connectivity index (χ0v) is 22.1. The third kappa shape index (κ3) is 12.1. The summed E-state index contributed by atoms with van der Waals surface area (Å²) in [6.45, 7) is 21.9. The molecule has 0 aromatic heterocycles. The molecule has 167 valence electrons. The molecule has 0 bridgehead atoms. The summed E-state index contributed by atoms with van der Waals surface area (Å²) < 4.78 is 11.6. The lowest BCUT2D eigenvalue weighted by atomic mass is 10.1. The van der Waals surface area contributed by atoms with Gasteiger partial charge in [-0.3, -0.25) is 9.80 Å². The van der Waals surface area contributed by atoms with Gasteiger partial charge in [-0.05, 0) is 46.4 Å². The Morgan fingerprint density at radius 2 is 1.18 bits per heavy atom. The number of nitrogens with zero attached hydrogens (tertiary/aromatic N) is 2. The molecule has 0 aromatic carbocycles. The zero-order chi connectivity index (χ0) is 21.2. The van der Waals surface area contributed by atoms with Crippen LogP contribution in [-0.2, 0) is 8.85 Å². The summed E-state index contributed by atoms with van der Waals surface area (Å²) in [4.78, 5) is 5.28. The van der Waals surface area contributed by atoms with Crippen LogP contribution >= 0.6 is 0 Å². The maximum absolute atomic E-state index is 5.82. The first kappa shape index (κ1) is 28.3. The molecule has 28 heavy (non-hydrogen) atoms. The summed E-state index contributed by atoms with van der Waals surface area (Å²) in [7, 11) is -0.0306. The van der Waals surface area contributed by atoms with E-state index in [9.17, 15) is 0 Å². The van der Waals surface area contributed by atoms with E-state index < -0.39 is 9.28 Å². The highest BCUT2D eigenvalue weighted by Crippen LogP contribution is 2.21. The van der Waals surface area contributed by atoms with Crippen LogP contribution in [0.4, 0.5) is 0 Å². The fraction of sp³-hybridized carbons (Fsp3) is 1.00. The van der Waals surface area contributed by atoms with E-state index in [4.69, 9.17) is 8.85 Å². The highest BCUT2D eigenvalue weighted by atomic mass is 28.3. The maximum Gasteiger partial charge on any atom is 0.387 e. The van der Waals surface area contributed by atoms with Crippen molar-refractivity contribution in [3.05, 3.63) is 0 Å². The van der Waals surface area contributed by atoms with Gasteiger partial charge in [0.2, 0.25) is 0 Å². The van der Waals surface area contributed by atoms with E-state index in [1.807, 2.05) is 0 Å². The van der Waals surface area contributed by atoms with Crippen molar-refractivity contribution in [2.75, 3.05) is 39.4 Å². The monoisotopic (exact) mass is 429 g/mol. The molecular formula is C22H49N2O2Si2. The molecular weight excluding hydrogens is 380 g/mol. The van der Waals surface area contributed by atoms with Gasteiger partial charge in [-0.25, -0.2) is 0 Å². The number of unbranched alkanes of at least 4 members (excludes halogenated alkanes) is 4. The molecule has 4 nitrogen and oxygen atoms in total. The normalized spacial score (nSPS) is 13.4. The Balaban J connectivity index is 3.99. The summed E-state index contributed by atoms with van der Waals surface area (Å²) in [5.74, 6) is 0.656. The van der Waals surface area contributed by atoms with Crippen molar-refractivity contribution < 1.29 is 8.85 Å². The van der Waals surface area contributed by atoms with Crippen molar-refractivity contribution in [1.82, 2.24) is 9.80 Å². The zero-order valence-electron chi connectivity index (χ0n) is 20.1. The molecule has 0 spiro atoms. The van der Waals surface area contributed by atoms with Crippen molar-refractivity contribution in [3.8, 4) is 0 Å². The minimum atomic E-state index is -1.07. The smallest absolute Gasteiger partial charge is 0.387 e. The van der Waals surface area contributed by atoms with Gasteiger partial charge in [-0.2, -0.15) is 0 Å². The summed E-state index contributed by atoms with van der Waals surface area (Å²) in [5.41, 5.74) is 0.593. The average molecular weight is 430 g/mol. The molecule has 1 atom stereocenters. The minimum Gasteiger partial charge on any atom is -0.393 e. The highest BCUT2D eigenvalue weighted by molar-refractivity contribution is 6.46. The van der Waals surface area contributed by atoms with Crippen molar-refractivity contribution in [3.63, 3.8) is 0 Å². The molecule has 0 saturated carbocycles. The lowest BCUT2D eigenvalue weighted by Crippen LogP contribution is -2.51. The first-order chi connectivity index (χ1) is 13.6. The van der Waals surface area contributed by atoms with Crippen LogP contribution in [0.5, 0.6) is 0 Å². The molecule has 0 aliphatic rings. The minimum absolute atomic E-state index is 0.593. The summed E-state index contributed by atoms with van der Waals surface area (Å²) in [6, 6.07) is 1.38. The van der Waals surface area contributed by atoms with Gasteiger partial charge >= 0.3 is 9.28 Å². The Labute approximate surface area is 181 Å². The third-order valence-corrected chi connectivity index (χ3v) is 9.41. The van der Waals surface area contributed by atoms with Crippen molar-refractivity contribution in [1.29, 1.82) is 0 Å². The number of hydrogen-bond acceptors (Lipinski definition) is 4. The van der Waals surface area contributed by atoms with E-state index in [0.717, 1.165) is 48.9 Å². The van der Waals surface area contributed by atoms with Crippen molar-refractivity contribution >= 4 is 18.8 Å². The molecule has 0 amide bonds. The molecule has 0 rings (SSSR count). The van der Waals surface area contributed by atoms with Gasteiger partial charge in [0, 0.05) is 24.5 Å². The van der Waals surface area contributed by atoms with Gasteiger partial charge in [0.25, 0.3) is 0 Å². The van der Waals surface area contributed by atoms with E-state index in [-0.39, 0.29) is 0 Å². The van der Waals surface area contributed by atoms with Gasteiger partial charge in [-0.15, -0.1) is 0 Å². The molecule has 0 heterocycles. The SMILES string of the molecule is CCO[Si](OCC)C(C)CCCCCCC[Si]C(N(CC)CC)N(CC)CC. The Hall–Kier alpha value is 0.274. The van der Waals surface area contributed by atoms with Crippen molar-refractivity contribution in [2.45, 2.75) is 104 Å². The van der Waals surface area contributed by atoms with Gasteiger partial charge in [-0.1, -0.05) is 72.8 Å². The molecule has 0 fully saturated rings. The quantitative estimate of drug-likeness (QED) is 0.148. The van der Waals surface area contributed by atoms with Gasteiger partial charge in [0.05, 0.1) is 9.52 Å². The fourth-order valence-electron chi connectivity index (χ4n) is 3.69. The van der Waals surface area contributed by atoms with Gasteiger partial charge in [0.15, 0.2) is 0 Å². The van der Waals surface area contributed by atoms with Crippen LogP contribution in [0.2, 0.25) is 11.6 Å². The molecule has 1 unspecified atom stereocenters. The highest BCUT2D eigenvalue weighted by Gasteiger charge is 2.23. The second-order valence-corrected chi connectivity index (χ2v) is 11.0. The predicted molar refractivity (Wildman–Crippen MR) is 126 cm³/mol. The molecule has 0 aliphatic carbocycles. The van der Waals surface area contributed by atoms with Gasteiger partial charge in [0.1, 0.15) is 0 Å². The predicted octanol–water partition coefficient (Wildman–Crippen LogP) is 5.37. The van der Waals surface area contributed by atoms with Crippen LogP contribution in [0.3, 0.4) is 0 Å². The Bertz CT molecular complexity index is 312. The first-order valence-electron chi connectivity index (χ1n) is 11.9. The largest absolute Gasteiger partial charge is 0.393 e. The first-order valence-corrected chi connectivity index (χ1v) is 14.6. The van der Waals surface area contributed by atoms with Crippen LogP contribution < -0.4 is 0 Å². The Morgan fingerprint density at radius 3 is 1.64 bits per heavy atom. The topological polar surface area (TPSA) is 24.9 Å². The molecule has 0 saturated heterocycles. The summed E-state index contributed by atoms with van der Waals surface area (Å²) in [6.07, 6.45) is 8.08. The number of hydrogen-bond donors (Lipinski definition) is 0. The van der Waals surface area contributed by atoms with Crippen LogP contribution in [0.1, 0.15) is 87.0 Å². The fourth-order valence-corrected chi connectivity index (χ4v) is 7.31. The average Bonchev–Trinajstić information content (AvgIpc) is 2.70.